The van der Waals surface area contributed by atoms with Gasteiger partial charge in [0.1, 0.15) is 24.6 Å². The molecule has 0 amide bonds. The lowest BCUT2D eigenvalue weighted by atomic mass is 10.0. The van der Waals surface area contributed by atoms with Crippen molar-refractivity contribution < 1.29 is 4.21 Å². The fraction of sp³-hybridized carbons (Fsp3) is 0.250. The van der Waals surface area contributed by atoms with E-state index in [-0.39, 0.29) is 6.04 Å². The van der Waals surface area contributed by atoms with Gasteiger partial charge in [0.05, 0.1) is 10.6 Å². The van der Waals surface area contributed by atoms with Crippen LogP contribution in [0.3, 0.4) is 0 Å². The molecule has 3 heterocycles. The molecule has 9 heteroatoms. The molecule has 0 saturated carbocycles. The smallest absolute Gasteiger partial charge is 0.150 e. The van der Waals surface area contributed by atoms with Crippen LogP contribution in [0.2, 0.25) is 5.02 Å². The first-order valence-electron chi connectivity index (χ1n) is 10.9. The molecule has 2 radical (unpaired) electrons. The Morgan fingerprint density at radius 2 is 1.85 bits per heavy atom. The topological polar surface area (TPSA) is 62.5 Å². The molecule has 2 aromatic carbocycles. The van der Waals surface area contributed by atoms with Crippen LogP contribution in [0.1, 0.15) is 18.4 Å². The second-order valence-electron chi connectivity index (χ2n) is 8.20. The van der Waals surface area contributed by atoms with E-state index in [1.807, 2.05) is 65.8 Å². The molecular weight excluding hydrogens is 453 g/mol. The third-order valence-corrected chi connectivity index (χ3v) is 7.97. The number of aromatic nitrogens is 3. The van der Waals surface area contributed by atoms with Gasteiger partial charge in [0.15, 0.2) is 5.65 Å². The second-order valence-corrected chi connectivity index (χ2v) is 10.1. The van der Waals surface area contributed by atoms with Crippen LogP contribution in [-0.2, 0) is 11.0 Å². The fourth-order valence-corrected chi connectivity index (χ4v) is 5.75. The van der Waals surface area contributed by atoms with Gasteiger partial charge in [0.2, 0.25) is 0 Å². The van der Waals surface area contributed by atoms with Gasteiger partial charge in [0, 0.05) is 42.0 Å². The Hall–Kier alpha value is -2.68. The lowest BCUT2D eigenvalue weighted by molar-refractivity contribution is 0.345. The van der Waals surface area contributed by atoms with E-state index in [2.05, 4.69) is 10.4 Å². The molecule has 33 heavy (non-hydrogen) atoms. The predicted octanol–water partition coefficient (Wildman–Crippen LogP) is 3.75. The van der Waals surface area contributed by atoms with E-state index in [4.69, 9.17) is 24.4 Å². The Labute approximate surface area is 202 Å². The maximum atomic E-state index is 13.1. The summed E-state index contributed by atoms with van der Waals surface area (Å²) in [5.74, 6) is 0.810. The number of anilines is 1. The maximum absolute atomic E-state index is 13.1. The van der Waals surface area contributed by atoms with Crippen LogP contribution >= 0.6 is 11.6 Å². The van der Waals surface area contributed by atoms with Crippen molar-refractivity contribution in [1.82, 2.24) is 18.9 Å². The summed E-state index contributed by atoms with van der Waals surface area (Å²) >= 11 is 6.43. The number of hydrogen-bond acceptors (Lipinski definition) is 4. The SMILES string of the molecule is [B]c1cnn2c(NC3CCN(S(=O)c4ccccc4C)CC3)cc(-c3ccccc3Cl)nc12. The molecule has 1 unspecified atom stereocenters. The van der Waals surface area contributed by atoms with E-state index in [9.17, 15) is 4.21 Å². The van der Waals surface area contributed by atoms with Gasteiger partial charge in [-0.3, -0.25) is 0 Å². The van der Waals surface area contributed by atoms with Crippen LogP contribution in [0.5, 0.6) is 0 Å². The second kappa shape index (κ2) is 9.29. The Bertz CT molecular complexity index is 1340. The van der Waals surface area contributed by atoms with Gasteiger partial charge in [-0.05, 0) is 42.9 Å². The summed E-state index contributed by atoms with van der Waals surface area (Å²) in [6.07, 6.45) is 3.33. The number of rotatable bonds is 5. The summed E-state index contributed by atoms with van der Waals surface area (Å²) in [6, 6.07) is 17.6. The molecule has 0 aliphatic carbocycles. The van der Waals surface area contributed by atoms with Gasteiger partial charge in [-0.25, -0.2) is 13.5 Å². The quantitative estimate of drug-likeness (QED) is 0.447. The van der Waals surface area contributed by atoms with Crippen molar-refractivity contribution in [3.05, 3.63) is 71.4 Å². The summed E-state index contributed by atoms with van der Waals surface area (Å²) in [4.78, 5) is 5.58. The van der Waals surface area contributed by atoms with Crippen molar-refractivity contribution in [2.24, 2.45) is 0 Å². The summed E-state index contributed by atoms with van der Waals surface area (Å²) in [7, 11) is 4.99. The Morgan fingerprint density at radius 3 is 2.61 bits per heavy atom. The molecule has 6 nitrogen and oxygen atoms in total. The first-order chi connectivity index (χ1) is 16.0. The van der Waals surface area contributed by atoms with Gasteiger partial charge in [-0.2, -0.15) is 9.61 Å². The Balaban J connectivity index is 1.36. The van der Waals surface area contributed by atoms with Crippen molar-refractivity contribution in [1.29, 1.82) is 0 Å². The minimum Gasteiger partial charge on any atom is -0.367 e. The van der Waals surface area contributed by atoms with Crippen LogP contribution in [0.15, 0.2) is 65.7 Å². The molecular formula is C24H23BClN5OS. The van der Waals surface area contributed by atoms with E-state index < -0.39 is 11.0 Å². The van der Waals surface area contributed by atoms with E-state index in [1.165, 1.54) is 0 Å². The number of aryl methyl sites for hydroxylation is 1. The number of benzene rings is 2. The number of halogens is 1. The van der Waals surface area contributed by atoms with Gasteiger partial charge >= 0.3 is 0 Å². The van der Waals surface area contributed by atoms with Crippen LogP contribution in [0.25, 0.3) is 16.9 Å². The third-order valence-electron chi connectivity index (χ3n) is 5.97. The molecule has 1 aliphatic rings. The molecule has 1 saturated heterocycles. The first-order valence-corrected chi connectivity index (χ1v) is 12.4. The predicted molar refractivity (Wildman–Crippen MR) is 135 cm³/mol. The minimum atomic E-state index is -1.15. The minimum absolute atomic E-state index is 0.213. The van der Waals surface area contributed by atoms with Crippen molar-refractivity contribution in [2.75, 3.05) is 18.4 Å². The average molecular weight is 476 g/mol. The number of nitrogens with one attached hydrogen (secondary N) is 1. The number of hydrogen-bond donors (Lipinski definition) is 1. The van der Waals surface area contributed by atoms with Gasteiger partial charge < -0.3 is 5.32 Å². The number of nitrogens with zero attached hydrogens (tertiary/aromatic N) is 4. The molecule has 5 rings (SSSR count). The molecule has 0 bridgehead atoms. The van der Waals surface area contributed by atoms with Crippen LogP contribution in [0.4, 0.5) is 5.82 Å². The molecule has 4 aromatic rings. The highest BCUT2D eigenvalue weighted by Gasteiger charge is 2.25. The highest BCUT2D eigenvalue weighted by molar-refractivity contribution is 7.82. The zero-order chi connectivity index (χ0) is 22.9. The molecule has 166 valence electrons. The molecule has 1 fully saturated rings. The van der Waals surface area contributed by atoms with Crippen molar-refractivity contribution >= 4 is 47.4 Å². The normalized spacial score (nSPS) is 16.2. The van der Waals surface area contributed by atoms with Crippen LogP contribution in [-0.4, -0.2) is 50.1 Å². The maximum Gasteiger partial charge on any atom is 0.150 e. The van der Waals surface area contributed by atoms with Crippen molar-refractivity contribution in [3.8, 4) is 11.3 Å². The summed E-state index contributed by atoms with van der Waals surface area (Å²) in [5.41, 5.74) is 3.73. The largest absolute Gasteiger partial charge is 0.367 e. The van der Waals surface area contributed by atoms with Gasteiger partial charge in [0.25, 0.3) is 0 Å². The van der Waals surface area contributed by atoms with Crippen LogP contribution < -0.4 is 10.8 Å². The molecule has 2 aromatic heterocycles. The van der Waals surface area contributed by atoms with E-state index in [0.717, 1.165) is 53.5 Å². The zero-order valence-electron chi connectivity index (χ0n) is 18.2. The summed E-state index contributed by atoms with van der Waals surface area (Å²) in [6.45, 7) is 3.49. The molecule has 0 spiro atoms. The van der Waals surface area contributed by atoms with Gasteiger partial charge in [-0.1, -0.05) is 48.0 Å². The standard InChI is InChI=1S/C24H23BClN5OS/c1-16-6-2-5-9-22(16)33(32)30-12-10-17(11-13-30)28-23-14-21(18-7-3-4-8-20(18)26)29-24-19(25)15-27-31(23)24/h2-9,14-15,17,28H,10-13H2,1H3. The third kappa shape index (κ3) is 4.43. The van der Waals surface area contributed by atoms with E-state index >= 15 is 0 Å². The summed E-state index contributed by atoms with van der Waals surface area (Å²) < 4.78 is 16.8. The van der Waals surface area contributed by atoms with Gasteiger partial charge in [-0.15, -0.1) is 0 Å². The lowest BCUT2D eigenvalue weighted by Crippen LogP contribution is -2.40. The average Bonchev–Trinajstić information content (AvgIpc) is 3.21. The molecule has 1 atom stereocenters. The lowest BCUT2D eigenvalue weighted by Gasteiger charge is -2.32. The van der Waals surface area contributed by atoms with E-state index in [0.29, 0.717) is 16.1 Å². The monoisotopic (exact) mass is 475 g/mol. The summed E-state index contributed by atoms with van der Waals surface area (Å²) in [5, 5.41) is 8.65. The molecule has 1 aliphatic heterocycles. The number of piperidine rings is 1. The zero-order valence-corrected chi connectivity index (χ0v) is 19.8. The first kappa shape index (κ1) is 22.1. The fourth-order valence-electron chi connectivity index (χ4n) is 4.16. The van der Waals surface area contributed by atoms with Crippen LogP contribution in [0, 0.1) is 6.92 Å². The molecule has 1 N–H and O–H groups in total. The van der Waals surface area contributed by atoms with Crippen molar-refractivity contribution in [2.45, 2.75) is 30.7 Å². The van der Waals surface area contributed by atoms with E-state index in [1.54, 1.807) is 10.7 Å². The number of fused-ring (bicyclic) bond motifs is 1. The van der Waals surface area contributed by atoms with Crippen molar-refractivity contribution in [3.63, 3.8) is 0 Å². The highest BCUT2D eigenvalue weighted by Crippen LogP contribution is 2.29. The highest BCUT2D eigenvalue weighted by atomic mass is 35.5. The Morgan fingerprint density at radius 1 is 1.12 bits per heavy atom. The Kier molecular flexibility index (Phi) is 6.23.